The molecule has 4 nitrogen and oxygen atoms in total. The quantitative estimate of drug-likeness (QED) is 0.175. The number of benzene rings is 8. The molecule has 0 bridgehead atoms. The SMILES string of the molecule is CC(C)(C)c1ccc(Nc2c(-c3c4c(cc5oc6ccccc6c35)N(c3ccc(C(C)(C)C)cc3-c3ccccc3)c3sc5ccccc5c3B4)ccc3c2oc2ccccc23)cc1. The molecule has 0 saturated heterocycles. The molecule has 0 amide bonds. The van der Waals surface area contributed by atoms with E-state index in [1.807, 2.05) is 17.4 Å². The molecule has 0 fully saturated rings. The van der Waals surface area contributed by atoms with Crippen molar-refractivity contribution in [2.24, 2.45) is 0 Å². The van der Waals surface area contributed by atoms with Crippen LogP contribution in [0.4, 0.5) is 27.8 Å². The van der Waals surface area contributed by atoms with Crippen LogP contribution in [-0.2, 0) is 10.8 Å². The molecule has 0 spiro atoms. The highest BCUT2D eigenvalue weighted by molar-refractivity contribution is 7.25. The minimum Gasteiger partial charge on any atom is -0.456 e. The van der Waals surface area contributed by atoms with Gasteiger partial charge in [-0.15, -0.1) is 11.3 Å². The molecular weight excluding hydrogens is 800 g/mol. The van der Waals surface area contributed by atoms with Gasteiger partial charge in [-0.2, -0.15) is 0 Å². The van der Waals surface area contributed by atoms with Gasteiger partial charge in [0.05, 0.1) is 16.4 Å². The molecule has 1 aliphatic rings. The van der Waals surface area contributed by atoms with E-state index < -0.39 is 0 Å². The number of thiophene rings is 1. The summed E-state index contributed by atoms with van der Waals surface area (Å²) < 4.78 is 15.2. The number of anilines is 5. The maximum atomic E-state index is 6.96. The predicted octanol–water partition coefficient (Wildman–Crippen LogP) is 15.5. The summed E-state index contributed by atoms with van der Waals surface area (Å²) in [5.74, 6) is 0. The third-order valence-electron chi connectivity index (χ3n) is 13.3. The van der Waals surface area contributed by atoms with E-state index >= 15 is 0 Å². The topological polar surface area (TPSA) is 41.6 Å². The minimum atomic E-state index is -0.0377. The Kier molecular flexibility index (Phi) is 8.60. The number of furan rings is 2. The Hall–Kier alpha value is -7.02. The van der Waals surface area contributed by atoms with Crippen molar-refractivity contribution in [3.63, 3.8) is 0 Å². The van der Waals surface area contributed by atoms with Gasteiger partial charge in [0.15, 0.2) is 5.58 Å². The smallest absolute Gasteiger partial charge is 0.200 e. The molecule has 3 aromatic heterocycles. The highest BCUT2D eigenvalue weighted by Crippen LogP contribution is 2.51. The van der Waals surface area contributed by atoms with E-state index in [0.29, 0.717) is 0 Å². The lowest BCUT2D eigenvalue weighted by molar-refractivity contribution is 0.590. The number of fused-ring (bicyclic) bond motifs is 10. The molecule has 8 aromatic carbocycles. The highest BCUT2D eigenvalue weighted by Gasteiger charge is 2.35. The molecule has 310 valence electrons. The fourth-order valence-electron chi connectivity index (χ4n) is 9.92. The van der Waals surface area contributed by atoms with Gasteiger partial charge in [0, 0.05) is 54.8 Å². The van der Waals surface area contributed by atoms with Crippen molar-refractivity contribution in [3.05, 3.63) is 175 Å². The van der Waals surface area contributed by atoms with Crippen LogP contribution in [0, 0.1) is 0 Å². The van der Waals surface area contributed by atoms with Crippen LogP contribution in [-0.4, -0.2) is 7.28 Å². The van der Waals surface area contributed by atoms with Crippen LogP contribution in [0.5, 0.6) is 0 Å². The largest absolute Gasteiger partial charge is 0.456 e. The molecule has 1 N–H and O–H groups in total. The van der Waals surface area contributed by atoms with Crippen LogP contribution in [0.2, 0.25) is 0 Å². The average molecular weight is 847 g/mol. The first-order valence-corrected chi connectivity index (χ1v) is 23.1. The van der Waals surface area contributed by atoms with Gasteiger partial charge in [-0.25, -0.2) is 0 Å². The Bertz CT molecular complexity index is 3640. The predicted molar refractivity (Wildman–Crippen MR) is 275 cm³/mol. The normalized spacial score (nSPS) is 12.9. The number of hydrogen-bond donors (Lipinski definition) is 1. The zero-order chi connectivity index (χ0) is 43.5. The molecule has 64 heavy (non-hydrogen) atoms. The van der Waals surface area contributed by atoms with Crippen molar-refractivity contribution in [1.82, 2.24) is 0 Å². The van der Waals surface area contributed by atoms with E-state index in [0.717, 1.165) is 85.0 Å². The van der Waals surface area contributed by atoms with Gasteiger partial charge in [-0.1, -0.05) is 151 Å². The lowest BCUT2D eigenvalue weighted by Gasteiger charge is -2.35. The van der Waals surface area contributed by atoms with E-state index in [1.165, 1.54) is 48.3 Å². The summed E-state index contributed by atoms with van der Waals surface area (Å²) in [7, 11) is 0.745. The van der Waals surface area contributed by atoms with Crippen molar-refractivity contribution in [1.29, 1.82) is 0 Å². The number of hydrogen-bond acceptors (Lipinski definition) is 5. The van der Waals surface area contributed by atoms with Crippen molar-refractivity contribution < 1.29 is 8.83 Å². The van der Waals surface area contributed by atoms with Gasteiger partial charge < -0.3 is 19.1 Å². The van der Waals surface area contributed by atoms with Crippen molar-refractivity contribution >= 4 is 111 Å². The highest BCUT2D eigenvalue weighted by atomic mass is 32.1. The maximum absolute atomic E-state index is 6.96. The third kappa shape index (κ3) is 6.11. The average Bonchev–Trinajstić information content (AvgIpc) is 3.99. The number of nitrogens with one attached hydrogen (secondary N) is 1. The van der Waals surface area contributed by atoms with Gasteiger partial charge in [-0.3, -0.25) is 0 Å². The van der Waals surface area contributed by atoms with Crippen LogP contribution in [0.1, 0.15) is 52.7 Å². The summed E-state index contributed by atoms with van der Waals surface area (Å²) in [6.45, 7) is 13.7. The minimum absolute atomic E-state index is 0.0312. The second kappa shape index (κ2) is 14.3. The van der Waals surface area contributed by atoms with Gasteiger partial charge >= 0.3 is 0 Å². The second-order valence-electron chi connectivity index (χ2n) is 19.4. The standard InChI is InChI=1S/C58H47BN2O2S/c1-57(2,3)35-24-27-37(28-25-35)60-54-42(30-29-39-38-18-10-13-21-46(38)63-55(39)54)51-50-40-19-11-14-22-47(40)62-48(50)33-45-53(51)59-52-41-20-12-15-23-49(41)64-56(52)61(45)44-31-26-36(58(4,5)6)32-43(44)34-16-8-7-9-17-34/h7-33,59-60H,1-6H3. The van der Waals surface area contributed by atoms with Crippen LogP contribution in [0.3, 0.4) is 0 Å². The van der Waals surface area contributed by atoms with Gasteiger partial charge in [-0.05, 0) is 97.9 Å². The zero-order valence-electron chi connectivity index (χ0n) is 37.0. The van der Waals surface area contributed by atoms with Crippen LogP contribution in [0.25, 0.3) is 76.2 Å². The van der Waals surface area contributed by atoms with E-state index in [4.69, 9.17) is 8.83 Å². The van der Waals surface area contributed by atoms with Crippen molar-refractivity contribution in [2.45, 2.75) is 52.4 Å². The molecule has 4 heterocycles. The first-order valence-electron chi connectivity index (χ1n) is 22.3. The Labute approximate surface area is 378 Å². The lowest BCUT2D eigenvalue weighted by atomic mass is 9.58. The summed E-state index contributed by atoms with van der Waals surface area (Å²) in [4.78, 5) is 2.54. The molecule has 11 aromatic rings. The third-order valence-corrected chi connectivity index (χ3v) is 14.4. The number of rotatable bonds is 5. The summed E-state index contributed by atoms with van der Waals surface area (Å²) in [6.07, 6.45) is 0. The molecule has 0 unspecified atom stereocenters. The molecule has 12 rings (SSSR count). The maximum Gasteiger partial charge on any atom is 0.200 e. The number of nitrogens with zero attached hydrogens (tertiary/aromatic N) is 1. The van der Waals surface area contributed by atoms with Crippen LogP contribution in [0.15, 0.2) is 173 Å². The Morgan fingerprint density at radius 1 is 0.516 bits per heavy atom. The second-order valence-corrected chi connectivity index (χ2v) is 20.4. The monoisotopic (exact) mass is 846 g/mol. The first kappa shape index (κ1) is 38.6. The van der Waals surface area contributed by atoms with E-state index in [9.17, 15) is 0 Å². The first-order chi connectivity index (χ1) is 31.0. The van der Waals surface area contributed by atoms with E-state index in [1.54, 1.807) is 0 Å². The Balaban J connectivity index is 1.20. The summed E-state index contributed by atoms with van der Waals surface area (Å²) in [6, 6.07) is 59.5. The molecular formula is C58H47BN2O2S. The van der Waals surface area contributed by atoms with Gasteiger partial charge in [0.25, 0.3) is 0 Å². The lowest BCUT2D eigenvalue weighted by Crippen LogP contribution is -2.40. The summed E-state index contributed by atoms with van der Waals surface area (Å²) in [5, 5.41) is 10.9. The Morgan fingerprint density at radius 3 is 1.92 bits per heavy atom. The molecule has 0 atom stereocenters. The van der Waals surface area contributed by atoms with Crippen LogP contribution >= 0.6 is 11.3 Å². The van der Waals surface area contributed by atoms with E-state index in [2.05, 4.69) is 209 Å². The summed E-state index contributed by atoms with van der Waals surface area (Å²) in [5.41, 5.74) is 17.3. The van der Waals surface area contributed by atoms with E-state index in [-0.39, 0.29) is 10.8 Å². The van der Waals surface area contributed by atoms with Gasteiger partial charge in [0.2, 0.25) is 7.28 Å². The molecule has 0 radical (unpaired) electrons. The fourth-order valence-corrected chi connectivity index (χ4v) is 11.2. The zero-order valence-corrected chi connectivity index (χ0v) is 37.8. The van der Waals surface area contributed by atoms with Gasteiger partial charge in [0.1, 0.15) is 16.7 Å². The summed E-state index contributed by atoms with van der Waals surface area (Å²) >= 11 is 1.87. The molecule has 0 saturated carbocycles. The molecule has 1 aliphatic heterocycles. The Morgan fingerprint density at radius 2 is 1.17 bits per heavy atom. The molecule has 0 aliphatic carbocycles. The number of para-hydroxylation sites is 2. The fraction of sp³-hybridized carbons (Fsp3) is 0.138. The van der Waals surface area contributed by atoms with Crippen molar-refractivity contribution in [3.8, 4) is 22.3 Å². The molecule has 6 heteroatoms. The van der Waals surface area contributed by atoms with Crippen LogP contribution < -0.4 is 21.1 Å². The van der Waals surface area contributed by atoms with Crippen molar-refractivity contribution in [2.75, 3.05) is 10.2 Å².